The quantitative estimate of drug-likeness (QED) is 0.746. The number of aldehydes is 1. The van der Waals surface area contributed by atoms with Crippen LogP contribution >= 0.6 is 0 Å². The maximum absolute atomic E-state index is 12.1. The van der Waals surface area contributed by atoms with Gasteiger partial charge in [0.15, 0.2) is 18.1 Å². The average Bonchev–Trinajstić information content (AvgIpc) is 2.52. The Bertz CT molecular complexity index is 510. The van der Waals surface area contributed by atoms with E-state index in [4.69, 9.17) is 9.47 Å². The molecule has 1 aliphatic rings. The van der Waals surface area contributed by atoms with Gasteiger partial charge in [-0.05, 0) is 25.2 Å². The highest BCUT2D eigenvalue weighted by molar-refractivity contribution is 5.79. The summed E-state index contributed by atoms with van der Waals surface area (Å²) < 4.78 is 10.7. The Hall–Kier alpha value is -2.08. The van der Waals surface area contributed by atoms with Crippen molar-refractivity contribution in [3.05, 3.63) is 23.8 Å². The van der Waals surface area contributed by atoms with Gasteiger partial charge >= 0.3 is 0 Å². The third-order valence-corrected chi connectivity index (χ3v) is 3.53. The zero-order chi connectivity index (χ0) is 15.2. The monoisotopic (exact) mass is 292 g/mol. The van der Waals surface area contributed by atoms with E-state index in [1.165, 1.54) is 7.11 Å². The minimum absolute atomic E-state index is 0.0532. The van der Waals surface area contributed by atoms with E-state index in [9.17, 15) is 9.59 Å². The molecule has 0 bridgehead atoms. The second-order valence-corrected chi connectivity index (χ2v) is 5.00. The maximum Gasteiger partial charge on any atom is 0.260 e. The van der Waals surface area contributed by atoms with Crippen molar-refractivity contribution < 1.29 is 19.1 Å². The second-order valence-electron chi connectivity index (χ2n) is 5.00. The van der Waals surface area contributed by atoms with Crippen molar-refractivity contribution in [2.75, 3.05) is 46.9 Å². The van der Waals surface area contributed by atoms with Crippen LogP contribution < -0.4 is 9.47 Å². The first-order valence-electron chi connectivity index (χ1n) is 6.86. The number of carbonyl (C=O) groups is 2. The molecule has 0 atom stereocenters. The van der Waals surface area contributed by atoms with Crippen LogP contribution in [0.15, 0.2) is 18.2 Å². The third-order valence-electron chi connectivity index (χ3n) is 3.53. The number of likely N-dealkylation sites (N-methyl/N-ethyl adjacent to an activating group) is 1. The molecule has 1 fully saturated rings. The molecule has 2 rings (SSSR count). The maximum atomic E-state index is 12.1. The van der Waals surface area contributed by atoms with Gasteiger partial charge in [-0.3, -0.25) is 9.59 Å². The molecule has 0 aliphatic carbocycles. The van der Waals surface area contributed by atoms with Crippen LogP contribution in [0, 0.1) is 0 Å². The molecule has 1 aliphatic heterocycles. The van der Waals surface area contributed by atoms with Crippen LogP contribution in [0.5, 0.6) is 11.5 Å². The zero-order valence-corrected chi connectivity index (χ0v) is 12.4. The van der Waals surface area contributed by atoms with Crippen molar-refractivity contribution in [3.8, 4) is 11.5 Å². The second kappa shape index (κ2) is 7.08. The van der Waals surface area contributed by atoms with E-state index >= 15 is 0 Å². The van der Waals surface area contributed by atoms with Gasteiger partial charge in [-0.25, -0.2) is 0 Å². The van der Waals surface area contributed by atoms with E-state index in [1.807, 2.05) is 7.05 Å². The van der Waals surface area contributed by atoms with Crippen LogP contribution in [-0.2, 0) is 4.79 Å². The number of methoxy groups -OCH3 is 1. The zero-order valence-electron chi connectivity index (χ0n) is 12.4. The molecule has 0 saturated carbocycles. The molecular weight excluding hydrogens is 272 g/mol. The van der Waals surface area contributed by atoms with Crippen LogP contribution in [0.25, 0.3) is 0 Å². The van der Waals surface area contributed by atoms with Gasteiger partial charge in [0, 0.05) is 31.7 Å². The molecule has 0 unspecified atom stereocenters. The molecule has 21 heavy (non-hydrogen) atoms. The fourth-order valence-corrected chi connectivity index (χ4v) is 2.17. The summed E-state index contributed by atoms with van der Waals surface area (Å²) in [6, 6.07) is 4.86. The lowest BCUT2D eigenvalue weighted by atomic mass is 10.2. The van der Waals surface area contributed by atoms with Crippen LogP contribution in [-0.4, -0.2) is 68.9 Å². The first-order chi connectivity index (χ1) is 10.1. The summed E-state index contributed by atoms with van der Waals surface area (Å²) >= 11 is 0. The molecule has 1 saturated heterocycles. The predicted octanol–water partition coefficient (Wildman–Crippen LogP) is 0.660. The van der Waals surface area contributed by atoms with Crippen LogP contribution in [0.4, 0.5) is 0 Å². The molecule has 1 aromatic carbocycles. The van der Waals surface area contributed by atoms with Gasteiger partial charge in [-0.2, -0.15) is 0 Å². The Morgan fingerprint density at radius 1 is 1.24 bits per heavy atom. The summed E-state index contributed by atoms with van der Waals surface area (Å²) in [5.41, 5.74) is 0.484. The highest BCUT2D eigenvalue weighted by Crippen LogP contribution is 2.27. The normalized spacial score (nSPS) is 15.6. The van der Waals surface area contributed by atoms with Crippen molar-refractivity contribution >= 4 is 12.2 Å². The summed E-state index contributed by atoms with van der Waals surface area (Å²) in [4.78, 5) is 26.9. The molecular formula is C15H20N2O4. The highest BCUT2D eigenvalue weighted by Gasteiger charge is 2.19. The van der Waals surface area contributed by atoms with Gasteiger partial charge in [0.2, 0.25) is 0 Å². The van der Waals surface area contributed by atoms with Gasteiger partial charge in [-0.15, -0.1) is 0 Å². The SMILES string of the molecule is COc1ccc(C=O)cc1OCC(=O)N1CCN(C)CC1. The summed E-state index contributed by atoms with van der Waals surface area (Å²) in [6.45, 7) is 3.11. The van der Waals surface area contributed by atoms with E-state index in [1.54, 1.807) is 23.1 Å². The van der Waals surface area contributed by atoms with Gasteiger partial charge in [0.25, 0.3) is 5.91 Å². The third kappa shape index (κ3) is 3.95. The summed E-state index contributed by atoms with van der Waals surface area (Å²) in [7, 11) is 3.55. The fraction of sp³-hybridized carbons (Fsp3) is 0.467. The summed E-state index contributed by atoms with van der Waals surface area (Å²) in [5, 5.41) is 0. The average molecular weight is 292 g/mol. The van der Waals surface area contributed by atoms with Gasteiger partial charge in [0.1, 0.15) is 6.29 Å². The highest BCUT2D eigenvalue weighted by atomic mass is 16.5. The van der Waals surface area contributed by atoms with Gasteiger partial charge < -0.3 is 19.3 Å². The van der Waals surface area contributed by atoms with Crippen molar-refractivity contribution in [2.45, 2.75) is 0 Å². The van der Waals surface area contributed by atoms with Crippen molar-refractivity contribution in [3.63, 3.8) is 0 Å². The molecule has 1 aromatic rings. The number of ether oxygens (including phenoxy) is 2. The van der Waals surface area contributed by atoms with E-state index in [0.717, 1.165) is 19.4 Å². The molecule has 114 valence electrons. The first kappa shape index (κ1) is 15.3. The first-order valence-corrected chi connectivity index (χ1v) is 6.86. The smallest absolute Gasteiger partial charge is 0.260 e. The summed E-state index contributed by atoms with van der Waals surface area (Å²) in [6.07, 6.45) is 0.731. The van der Waals surface area contributed by atoms with E-state index in [-0.39, 0.29) is 12.5 Å². The lowest BCUT2D eigenvalue weighted by molar-refractivity contribution is -0.134. The number of piperazine rings is 1. The largest absolute Gasteiger partial charge is 0.493 e. The predicted molar refractivity (Wildman–Crippen MR) is 78.0 cm³/mol. The van der Waals surface area contributed by atoms with Crippen molar-refractivity contribution in [1.29, 1.82) is 0 Å². The number of amides is 1. The molecule has 0 radical (unpaired) electrons. The molecule has 0 N–H and O–H groups in total. The Balaban J connectivity index is 1.95. The lowest BCUT2D eigenvalue weighted by Crippen LogP contribution is -2.48. The fourth-order valence-electron chi connectivity index (χ4n) is 2.17. The van der Waals surface area contributed by atoms with E-state index in [0.29, 0.717) is 30.2 Å². The van der Waals surface area contributed by atoms with E-state index in [2.05, 4.69) is 4.90 Å². The Morgan fingerprint density at radius 3 is 2.57 bits per heavy atom. The summed E-state index contributed by atoms with van der Waals surface area (Å²) in [5.74, 6) is 0.859. The molecule has 1 heterocycles. The molecule has 1 amide bonds. The Labute approximate surface area is 124 Å². The number of hydrogen-bond donors (Lipinski definition) is 0. The van der Waals surface area contributed by atoms with Crippen LogP contribution in [0.2, 0.25) is 0 Å². The van der Waals surface area contributed by atoms with Crippen molar-refractivity contribution in [1.82, 2.24) is 9.80 Å². The molecule has 6 heteroatoms. The minimum Gasteiger partial charge on any atom is -0.493 e. The molecule has 0 aromatic heterocycles. The number of carbonyl (C=O) groups excluding carboxylic acids is 2. The number of hydrogen-bond acceptors (Lipinski definition) is 5. The minimum atomic E-state index is -0.0540. The van der Waals surface area contributed by atoms with Crippen LogP contribution in [0.1, 0.15) is 10.4 Å². The standard InChI is InChI=1S/C15H20N2O4/c1-16-5-7-17(8-6-16)15(19)11-21-14-9-12(10-18)3-4-13(14)20-2/h3-4,9-10H,5-8,11H2,1-2H3. The van der Waals surface area contributed by atoms with Gasteiger partial charge in [-0.1, -0.05) is 0 Å². The Kier molecular flexibility index (Phi) is 5.16. The topological polar surface area (TPSA) is 59.1 Å². The number of nitrogens with zero attached hydrogens (tertiary/aromatic N) is 2. The number of rotatable bonds is 5. The lowest BCUT2D eigenvalue weighted by Gasteiger charge is -2.32. The molecule has 0 spiro atoms. The van der Waals surface area contributed by atoms with Crippen molar-refractivity contribution in [2.24, 2.45) is 0 Å². The molecule has 6 nitrogen and oxygen atoms in total. The van der Waals surface area contributed by atoms with Gasteiger partial charge in [0.05, 0.1) is 7.11 Å². The van der Waals surface area contributed by atoms with E-state index < -0.39 is 0 Å². The Morgan fingerprint density at radius 2 is 1.95 bits per heavy atom. The number of benzene rings is 1. The van der Waals surface area contributed by atoms with Crippen LogP contribution in [0.3, 0.4) is 0 Å².